The molecule has 0 bridgehead atoms. The van der Waals surface area contributed by atoms with Gasteiger partial charge in [0.2, 0.25) is 0 Å². The maximum absolute atomic E-state index is 11.4. The molecule has 3 heteroatoms. The van der Waals surface area contributed by atoms with Crippen LogP contribution >= 0.6 is 0 Å². The molecular weight excluding hydrogens is 166 g/mol. The Morgan fingerprint density at radius 3 is 2.85 bits per heavy atom. The van der Waals surface area contributed by atoms with E-state index in [1.165, 1.54) is 0 Å². The van der Waals surface area contributed by atoms with Crippen LogP contribution in [0.5, 0.6) is 0 Å². The summed E-state index contributed by atoms with van der Waals surface area (Å²) in [5, 5.41) is 0. The summed E-state index contributed by atoms with van der Waals surface area (Å²) in [6.07, 6.45) is 0.594. The first-order valence-corrected chi connectivity index (χ1v) is 4.92. The van der Waals surface area contributed by atoms with Crippen molar-refractivity contribution in [2.45, 2.75) is 26.3 Å². The first-order chi connectivity index (χ1) is 6.11. The average molecular weight is 185 g/mol. The van der Waals surface area contributed by atoms with E-state index in [9.17, 15) is 4.79 Å². The number of ketones is 1. The highest BCUT2D eigenvalue weighted by Gasteiger charge is 2.24. The molecule has 13 heavy (non-hydrogen) atoms. The van der Waals surface area contributed by atoms with Crippen molar-refractivity contribution < 1.29 is 9.53 Å². The van der Waals surface area contributed by atoms with Gasteiger partial charge in [-0.3, -0.25) is 4.79 Å². The third-order valence-corrected chi connectivity index (χ3v) is 2.66. The smallest absolute Gasteiger partial charge is 0.141 e. The van der Waals surface area contributed by atoms with E-state index in [0.717, 1.165) is 6.54 Å². The van der Waals surface area contributed by atoms with Crippen LogP contribution in [0.4, 0.5) is 0 Å². The van der Waals surface area contributed by atoms with E-state index in [0.29, 0.717) is 31.5 Å². The first kappa shape index (κ1) is 10.7. The lowest BCUT2D eigenvalue weighted by Gasteiger charge is -2.28. The van der Waals surface area contributed by atoms with Crippen molar-refractivity contribution in [3.8, 4) is 0 Å². The summed E-state index contributed by atoms with van der Waals surface area (Å²) in [4.78, 5) is 13.6. The van der Waals surface area contributed by atoms with Crippen LogP contribution in [0.25, 0.3) is 0 Å². The lowest BCUT2D eigenvalue weighted by molar-refractivity contribution is -0.131. The van der Waals surface area contributed by atoms with Crippen molar-refractivity contribution in [3.05, 3.63) is 0 Å². The second-order valence-corrected chi connectivity index (χ2v) is 4.02. The molecule has 3 nitrogen and oxygen atoms in total. The van der Waals surface area contributed by atoms with Gasteiger partial charge in [0.15, 0.2) is 0 Å². The van der Waals surface area contributed by atoms with E-state index in [1.807, 2.05) is 7.05 Å². The topological polar surface area (TPSA) is 29.5 Å². The number of ether oxygens (including phenoxy) is 1. The van der Waals surface area contributed by atoms with Crippen molar-refractivity contribution in [2.24, 2.45) is 5.92 Å². The lowest BCUT2D eigenvalue weighted by atomic mass is 10.00. The van der Waals surface area contributed by atoms with Crippen LogP contribution in [-0.4, -0.2) is 43.5 Å². The van der Waals surface area contributed by atoms with Gasteiger partial charge in [-0.2, -0.15) is 0 Å². The normalized spacial score (nSPS) is 24.4. The van der Waals surface area contributed by atoms with E-state index < -0.39 is 0 Å². The van der Waals surface area contributed by atoms with Crippen LogP contribution in [0, 0.1) is 5.92 Å². The van der Waals surface area contributed by atoms with Gasteiger partial charge in [-0.1, -0.05) is 0 Å². The van der Waals surface area contributed by atoms with E-state index >= 15 is 0 Å². The second-order valence-electron chi connectivity index (χ2n) is 4.02. The third kappa shape index (κ3) is 3.08. The molecule has 0 aromatic carbocycles. The van der Waals surface area contributed by atoms with Crippen LogP contribution in [0.3, 0.4) is 0 Å². The van der Waals surface area contributed by atoms with Crippen molar-refractivity contribution in [2.75, 3.05) is 26.8 Å². The number of carbonyl (C=O) groups is 1. The molecule has 1 saturated heterocycles. The number of hydrogen-bond acceptors (Lipinski definition) is 3. The van der Waals surface area contributed by atoms with Gasteiger partial charge in [-0.05, 0) is 20.9 Å². The standard InChI is InChI=1S/C10H19NO2/c1-8(2)11(3)6-9-7-13-5-4-10(9)12/h8-9H,4-7H2,1-3H3. The summed E-state index contributed by atoms with van der Waals surface area (Å²) in [5.41, 5.74) is 0. The Kier molecular flexibility index (Phi) is 3.88. The number of nitrogens with zero attached hydrogens (tertiary/aromatic N) is 1. The van der Waals surface area contributed by atoms with Crippen molar-refractivity contribution in [3.63, 3.8) is 0 Å². The third-order valence-electron chi connectivity index (χ3n) is 2.66. The van der Waals surface area contributed by atoms with E-state index in [4.69, 9.17) is 4.74 Å². The monoisotopic (exact) mass is 185 g/mol. The molecule has 76 valence electrons. The summed E-state index contributed by atoms with van der Waals surface area (Å²) >= 11 is 0. The number of hydrogen-bond donors (Lipinski definition) is 0. The zero-order valence-corrected chi connectivity index (χ0v) is 8.75. The van der Waals surface area contributed by atoms with E-state index in [1.54, 1.807) is 0 Å². The first-order valence-electron chi connectivity index (χ1n) is 4.92. The summed E-state index contributed by atoms with van der Waals surface area (Å²) in [6.45, 7) is 6.31. The minimum absolute atomic E-state index is 0.0983. The molecule has 0 aromatic rings. The molecule has 1 atom stereocenters. The van der Waals surface area contributed by atoms with Crippen LogP contribution in [0.1, 0.15) is 20.3 Å². The molecule has 0 aromatic heterocycles. The fourth-order valence-electron chi connectivity index (χ4n) is 1.41. The quantitative estimate of drug-likeness (QED) is 0.655. The van der Waals surface area contributed by atoms with E-state index in [2.05, 4.69) is 18.7 Å². The van der Waals surface area contributed by atoms with Crippen LogP contribution in [-0.2, 0) is 9.53 Å². The zero-order valence-electron chi connectivity index (χ0n) is 8.75. The molecule has 0 saturated carbocycles. The molecule has 0 N–H and O–H groups in total. The average Bonchev–Trinajstić information content (AvgIpc) is 2.08. The van der Waals surface area contributed by atoms with Crippen molar-refractivity contribution in [1.82, 2.24) is 4.90 Å². The number of carbonyl (C=O) groups excluding carboxylic acids is 1. The van der Waals surface area contributed by atoms with Crippen LogP contribution in [0.15, 0.2) is 0 Å². The number of Topliss-reactive ketones (excluding diaryl/α,β-unsaturated/α-hetero) is 1. The van der Waals surface area contributed by atoms with Gasteiger partial charge in [0.1, 0.15) is 5.78 Å². The molecule has 0 radical (unpaired) electrons. The van der Waals surface area contributed by atoms with Crippen LogP contribution < -0.4 is 0 Å². The molecule has 0 aliphatic carbocycles. The highest BCUT2D eigenvalue weighted by Crippen LogP contribution is 2.11. The predicted molar refractivity (Wildman–Crippen MR) is 51.7 cm³/mol. The molecule has 1 heterocycles. The molecule has 0 amide bonds. The van der Waals surface area contributed by atoms with Gasteiger partial charge >= 0.3 is 0 Å². The molecule has 1 aliphatic heterocycles. The van der Waals surface area contributed by atoms with Gasteiger partial charge in [-0.25, -0.2) is 0 Å². The fraction of sp³-hybridized carbons (Fsp3) is 0.900. The largest absolute Gasteiger partial charge is 0.380 e. The Bertz CT molecular complexity index is 180. The predicted octanol–water partition coefficient (Wildman–Crippen LogP) is 0.932. The van der Waals surface area contributed by atoms with Gasteiger partial charge < -0.3 is 9.64 Å². The summed E-state index contributed by atoms with van der Waals surface area (Å²) in [5.74, 6) is 0.458. The molecule has 1 unspecified atom stereocenters. The summed E-state index contributed by atoms with van der Waals surface area (Å²) < 4.78 is 5.29. The minimum atomic E-state index is 0.0983. The molecule has 1 rings (SSSR count). The SMILES string of the molecule is CC(C)N(C)CC1COCCC1=O. The maximum Gasteiger partial charge on any atom is 0.141 e. The van der Waals surface area contributed by atoms with Crippen molar-refractivity contribution >= 4 is 5.78 Å². The molecule has 1 fully saturated rings. The lowest BCUT2D eigenvalue weighted by Crippen LogP contribution is -2.39. The van der Waals surface area contributed by atoms with Gasteiger partial charge in [0.25, 0.3) is 0 Å². The Morgan fingerprint density at radius 1 is 1.62 bits per heavy atom. The second kappa shape index (κ2) is 4.72. The highest BCUT2D eigenvalue weighted by molar-refractivity contribution is 5.82. The Morgan fingerprint density at radius 2 is 2.31 bits per heavy atom. The molecular formula is C10H19NO2. The molecule has 0 spiro atoms. The van der Waals surface area contributed by atoms with Gasteiger partial charge in [-0.15, -0.1) is 0 Å². The van der Waals surface area contributed by atoms with Crippen LogP contribution in [0.2, 0.25) is 0 Å². The molecule has 1 aliphatic rings. The minimum Gasteiger partial charge on any atom is -0.380 e. The van der Waals surface area contributed by atoms with Gasteiger partial charge in [0.05, 0.1) is 19.1 Å². The summed E-state index contributed by atoms with van der Waals surface area (Å²) in [6, 6.07) is 0.495. The summed E-state index contributed by atoms with van der Waals surface area (Å²) in [7, 11) is 2.05. The zero-order chi connectivity index (χ0) is 9.84. The van der Waals surface area contributed by atoms with Gasteiger partial charge in [0, 0.05) is 19.0 Å². The van der Waals surface area contributed by atoms with E-state index in [-0.39, 0.29) is 5.92 Å². The fourth-order valence-corrected chi connectivity index (χ4v) is 1.41. The Balaban J connectivity index is 2.38. The Hall–Kier alpha value is -0.410. The highest BCUT2D eigenvalue weighted by atomic mass is 16.5. The van der Waals surface area contributed by atoms with Crippen molar-refractivity contribution in [1.29, 1.82) is 0 Å². The number of rotatable bonds is 3. The Labute approximate surface area is 80.1 Å². The maximum atomic E-state index is 11.4.